The molecule has 1 aliphatic heterocycles. The summed E-state index contributed by atoms with van der Waals surface area (Å²) in [5, 5.41) is 5.10. The van der Waals surface area contributed by atoms with E-state index in [1.54, 1.807) is 0 Å². The molecule has 4 heteroatoms. The normalized spacial score (nSPS) is 24.6. The fourth-order valence-corrected chi connectivity index (χ4v) is 4.22. The summed E-state index contributed by atoms with van der Waals surface area (Å²) in [4.78, 5) is 2.65. The Morgan fingerprint density at radius 3 is 2.62 bits per heavy atom. The Morgan fingerprint density at radius 2 is 1.90 bits per heavy atom. The van der Waals surface area contributed by atoms with Crippen LogP contribution in [0.1, 0.15) is 45.1 Å². The van der Waals surface area contributed by atoms with Crippen molar-refractivity contribution in [3.05, 3.63) is 33.8 Å². The van der Waals surface area contributed by atoms with Crippen molar-refractivity contribution in [2.24, 2.45) is 0 Å². The summed E-state index contributed by atoms with van der Waals surface area (Å²) in [6.45, 7) is 7.58. The molecule has 0 bridgehead atoms. The topological polar surface area (TPSA) is 15.3 Å². The molecule has 1 aromatic carbocycles. The Morgan fingerprint density at radius 1 is 1.19 bits per heavy atom. The van der Waals surface area contributed by atoms with Crippen molar-refractivity contribution in [3.8, 4) is 0 Å². The Hall–Kier alpha value is -0.280. The van der Waals surface area contributed by atoms with E-state index in [2.05, 4.69) is 30.1 Å². The summed E-state index contributed by atoms with van der Waals surface area (Å²) in [7, 11) is 0. The SMILES string of the molecule is CC1(C)CN(Cc2cccc(Cl)c2Cl)C2(CCCC2)CN1. The maximum atomic E-state index is 6.40. The van der Waals surface area contributed by atoms with E-state index in [0.717, 1.165) is 25.2 Å². The van der Waals surface area contributed by atoms with Gasteiger partial charge in [0.15, 0.2) is 0 Å². The smallest absolute Gasteiger partial charge is 0.0637 e. The first kappa shape index (κ1) is 15.6. The molecule has 1 saturated carbocycles. The van der Waals surface area contributed by atoms with Crippen LogP contribution in [0.2, 0.25) is 10.0 Å². The molecule has 3 rings (SSSR count). The second-order valence-corrected chi connectivity index (χ2v) is 8.02. The maximum absolute atomic E-state index is 6.40. The van der Waals surface area contributed by atoms with Gasteiger partial charge in [-0.05, 0) is 38.3 Å². The number of piperazine rings is 1. The lowest BCUT2D eigenvalue weighted by Gasteiger charge is -2.51. The first-order valence-corrected chi connectivity index (χ1v) is 8.61. The number of benzene rings is 1. The summed E-state index contributed by atoms with van der Waals surface area (Å²) >= 11 is 12.6. The van der Waals surface area contributed by atoms with Gasteiger partial charge in [-0.1, -0.05) is 48.2 Å². The van der Waals surface area contributed by atoms with Gasteiger partial charge in [-0.3, -0.25) is 4.90 Å². The zero-order valence-corrected chi connectivity index (χ0v) is 14.4. The Labute approximate surface area is 137 Å². The van der Waals surface area contributed by atoms with E-state index < -0.39 is 0 Å². The molecule has 2 nitrogen and oxygen atoms in total. The van der Waals surface area contributed by atoms with Gasteiger partial charge in [0.2, 0.25) is 0 Å². The van der Waals surface area contributed by atoms with Crippen LogP contribution in [0.15, 0.2) is 18.2 Å². The summed E-state index contributed by atoms with van der Waals surface area (Å²) in [6.07, 6.45) is 5.24. The molecule has 1 aromatic rings. The standard InChI is InChI=1S/C17H24Cl2N2/c1-16(2)12-21(17(11-20-16)8-3-4-9-17)10-13-6-5-7-14(18)15(13)19/h5-7,20H,3-4,8-12H2,1-2H3. The third-order valence-electron chi connectivity index (χ3n) is 5.08. The van der Waals surface area contributed by atoms with E-state index in [-0.39, 0.29) is 5.54 Å². The average Bonchev–Trinajstić information content (AvgIpc) is 2.89. The van der Waals surface area contributed by atoms with Crippen LogP contribution < -0.4 is 5.32 Å². The van der Waals surface area contributed by atoms with E-state index in [9.17, 15) is 0 Å². The second kappa shape index (κ2) is 5.73. The lowest BCUT2D eigenvalue weighted by atomic mass is 9.86. The molecule has 2 aliphatic rings. The number of hydrogen-bond donors (Lipinski definition) is 1. The molecule has 0 amide bonds. The molecule has 0 atom stereocenters. The summed E-state index contributed by atoms with van der Waals surface area (Å²) in [5.41, 5.74) is 1.60. The van der Waals surface area contributed by atoms with E-state index in [0.29, 0.717) is 15.6 Å². The minimum absolute atomic E-state index is 0.152. The zero-order chi connectivity index (χ0) is 15.1. The predicted octanol–water partition coefficient (Wildman–Crippen LogP) is 4.49. The number of nitrogens with zero attached hydrogens (tertiary/aromatic N) is 1. The molecule has 1 N–H and O–H groups in total. The van der Waals surface area contributed by atoms with Gasteiger partial charge < -0.3 is 5.32 Å². The highest BCUT2D eigenvalue weighted by Crippen LogP contribution is 2.40. The lowest BCUT2D eigenvalue weighted by Crippen LogP contribution is -2.66. The highest BCUT2D eigenvalue weighted by Gasteiger charge is 2.45. The fourth-order valence-electron chi connectivity index (χ4n) is 3.84. The summed E-state index contributed by atoms with van der Waals surface area (Å²) in [5.74, 6) is 0. The van der Waals surface area contributed by atoms with Crippen molar-refractivity contribution in [1.29, 1.82) is 0 Å². The lowest BCUT2D eigenvalue weighted by molar-refractivity contribution is 0.0122. The second-order valence-electron chi connectivity index (χ2n) is 7.24. The van der Waals surface area contributed by atoms with Crippen molar-refractivity contribution < 1.29 is 0 Å². The van der Waals surface area contributed by atoms with Crippen molar-refractivity contribution in [3.63, 3.8) is 0 Å². The van der Waals surface area contributed by atoms with Gasteiger partial charge in [0.05, 0.1) is 10.0 Å². The van der Waals surface area contributed by atoms with Crippen LogP contribution in [-0.2, 0) is 6.54 Å². The molecule has 116 valence electrons. The van der Waals surface area contributed by atoms with E-state index in [4.69, 9.17) is 23.2 Å². The first-order valence-electron chi connectivity index (χ1n) is 7.85. The van der Waals surface area contributed by atoms with Gasteiger partial charge in [-0.2, -0.15) is 0 Å². The quantitative estimate of drug-likeness (QED) is 0.861. The van der Waals surface area contributed by atoms with E-state index in [1.165, 1.54) is 25.7 Å². The van der Waals surface area contributed by atoms with Gasteiger partial charge in [-0.15, -0.1) is 0 Å². The highest BCUT2D eigenvalue weighted by molar-refractivity contribution is 6.42. The highest BCUT2D eigenvalue weighted by atomic mass is 35.5. The summed E-state index contributed by atoms with van der Waals surface area (Å²) in [6, 6.07) is 5.96. The van der Waals surface area contributed by atoms with Crippen LogP contribution in [0, 0.1) is 0 Å². The van der Waals surface area contributed by atoms with Crippen molar-refractivity contribution >= 4 is 23.2 Å². The van der Waals surface area contributed by atoms with Crippen LogP contribution in [0.5, 0.6) is 0 Å². The van der Waals surface area contributed by atoms with Gasteiger partial charge in [-0.25, -0.2) is 0 Å². The number of halogens is 2. The monoisotopic (exact) mass is 326 g/mol. The van der Waals surface area contributed by atoms with Gasteiger partial charge in [0.1, 0.15) is 0 Å². The number of nitrogens with one attached hydrogen (secondary N) is 1. The fraction of sp³-hybridized carbons (Fsp3) is 0.647. The van der Waals surface area contributed by atoms with Crippen LogP contribution in [0.4, 0.5) is 0 Å². The Bertz CT molecular complexity index is 522. The maximum Gasteiger partial charge on any atom is 0.0637 e. The summed E-state index contributed by atoms with van der Waals surface area (Å²) < 4.78 is 0. The number of hydrogen-bond acceptors (Lipinski definition) is 2. The molecule has 1 aliphatic carbocycles. The molecule has 21 heavy (non-hydrogen) atoms. The molecule has 1 saturated heterocycles. The van der Waals surface area contributed by atoms with E-state index in [1.807, 2.05) is 12.1 Å². The largest absolute Gasteiger partial charge is 0.309 e. The predicted molar refractivity (Wildman–Crippen MR) is 90.2 cm³/mol. The number of rotatable bonds is 2. The molecule has 1 heterocycles. The molecule has 0 aromatic heterocycles. The Kier molecular flexibility index (Phi) is 4.26. The van der Waals surface area contributed by atoms with Crippen LogP contribution >= 0.6 is 23.2 Å². The van der Waals surface area contributed by atoms with Crippen LogP contribution in [0.3, 0.4) is 0 Å². The first-order chi connectivity index (χ1) is 9.92. The van der Waals surface area contributed by atoms with Gasteiger partial charge in [0.25, 0.3) is 0 Å². The average molecular weight is 327 g/mol. The third kappa shape index (κ3) is 3.10. The molecule has 0 radical (unpaired) electrons. The molecular formula is C17H24Cl2N2. The minimum atomic E-state index is 0.152. The van der Waals surface area contributed by atoms with Crippen molar-refractivity contribution in [2.45, 2.75) is 57.2 Å². The molecule has 1 spiro atoms. The van der Waals surface area contributed by atoms with Crippen molar-refractivity contribution in [2.75, 3.05) is 13.1 Å². The van der Waals surface area contributed by atoms with Gasteiger partial charge in [0, 0.05) is 30.7 Å². The minimum Gasteiger partial charge on any atom is -0.309 e. The molecule has 0 unspecified atom stereocenters. The zero-order valence-electron chi connectivity index (χ0n) is 12.9. The van der Waals surface area contributed by atoms with Crippen molar-refractivity contribution in [1.82, 2.24) is 10.2 Å². The third-order valence-corrected chi connectivity index (χ3v) is 5.94. The molecular weight excluding hydrogens is 303 g/mol. The Balaban J connectivity index is 1.87. The van der Waals surface area contributed by atoms with E-state index >= 15 is 0 Å². The van der Waals surface area contributed by atoms with Gasteiger partial charge >= 0.3 is 0 Å². The van der Waals surface area contributed by atoms with Crippen LogP contribution in [-0.4, -0.2) is 29.1 Å². The molecule has 2 fully saturated rings. The van der Waals surface area contributed by atoms with Crippen LogP contribution in [0.25, 0.3) is 0 Å².